The van der Waals surface area contributed by atoms with Crippen LogP contribution in [-0.2, 0) is 4.57 Å². The van der Waals surface area contributed by atoms with Gasteiger partial charge in [0.05, 0.1) is 7.11 Å². The molecule has 5 heteroatoms. The Labute approximate surface area is 197 Å². The maximum atomic E-state index is 14.7. The van der Waals surface area contributed by atoms with Gasteiger partial charge in [-0.25, -0.2) is 4.57 Å². The molecule has 0 fully saturated rings. The minimum atomic E-state index is -3.83. The Morgan fingerprint density at radius 3 is 1.91 bits per heavy atom. The first-order valence-corrected chi connectivity index (χ1v) is 13.1. The zero-order valence-electron chi connectivity index (χ0n) is 19.5. The zero-order valence-corrected chi connectivity index (χ0v) is 20.4. The van der Waals surface area contributed by atoms with Crippen molar-refractivity contribution in [3.8, 4) is 17.2 Å². The molecular formula is C28H33O4P. The molecular weight excluding hydrogens is 431 g/mol. The van der Waals surface area contributed by atoms with E-state index in [4.69, 9.17) is 13.8 Å². The maximum Gasteiger partial charge on any atom is 0.442 e. The smallest absolute Gasteiger partial charge is 0.442 e. The van der Waals surface area contributed by atoms with Gasteiger partial charge in [0.15, 0.2) is 0 Å². The first-order chi connectivity index (χ1) is 16.1. The lowest BCUT2D eigenvalue weighted by Crippen LogP contribution is -2.14. The fourth-order valence-corrected chi connectivity index (χ4v) is 6.01. The molecule has 0 heterocycles. The second-order valence-corrected chi connectivity index (χ2v) is 9.92. The zero-order chi connectivity index (χ0) is 23.5. The number of para-hydroxylation sites is 3. The molecule has 3 aromatic rings. The van der Waals surface area contributed by atoms with E-state index < -0.39 is 13.3 Å². The van der Waals surface area contributed by atoms with Crippen LogP contribution in [0.15, 0.2) is 97.1 Å². The summed E-state index contributed by atoms with van der Waals surface area (Å²) in [4.78, 5) is 0. The summed E-state index contributed by atoms with van der Waals surface area (Å²) < 4.78 is 32.7. The van der Waals surface area contributed by atoms with Crippen LogP contribution < -0.4 is 13.8 Å². The number of hydrogen-bond acceptors (Lipinski definition) is 4. The highest BCUT2D eigenvalue weighted by molar-refractivity contribution is 7.55. The first kappa shape index (κ1) is 24.7. The molecule has 33 heavy (non-hydrogen) atoms. The predicted octanol–water partition coefficient (Wildman–Crippen LogP) is 8.61. The molecule has 0 aromatic heterocycles. The second-order valence-electron chi connectivity index (χ2n) is 7.96. The minimum absolute atomic E-state index is 0.482. The van der Waals surface area contributed by atoms with Gasteiger partial charge in [-0.2, -0.15) is 0 Å². The third-order valence-electron chi connectivity index (χ3n) is 5.44. The number of benzene rings is 3. The highest BCUT2D eigenvalue weighted by atomic mass is 31.2. The summed E-state index contributed by atoms with van der Waals surface area (Å²) in [6.07, 6.45) is 5.09. The van der Waals surface area contributed by atoms with Crippen LogP contribution in [0.5, 0.6) is 17.2 Å². The molecule has 0 amide bonds. The van der Waals surface area contributed by atoms with Crippen molar-refractivity contribution in [1.82, 2.24) is 0 Å². The second kappa shape index (κ2) is 12.3. The van der Waals surface area contributed by atoms with Crippen molar-refractivity contribution >= 4 is 7.60 Å². The predicted molar refractivity (Wildman–Crippen MR) is 135 cm³/mol. The van der Waals surface area contributed by atoms with Gasteiger partial charge in [0, 0.05) is 5.56 Å². The molecule has 0 bridgehead atoms. The standard InChI is InChI=1S/C28H33O4P/c1-4-5-6-9-16-23(2)28(26-21-14-15-22-27(26)30-3)33(29,31-24-17-10-7-11-18-24)32-25-19-12-8-13-20-25/h7-8,10-15,17-22,28H,2,4-6,9,16H2,1,3H3. The van der Waals surface area contributed by atoms with E-state index in [1.54, 1.807) is 31.4 Å². The molecule has 1 atom stereocenters. The first-order valence-electron chi connectivity index (χ1n) is 11.5. The highest BCUT2D eigenvalue weighted by Crippen LogP contribution is 2.64. The van der Waals surface area contributed by atoms with Crippen molar-refractivity contribution in [2.24, 2.45) is 0 Å². The molecule has 1 unspecified atom stereocenters. The van der Waals surface area contributed by atoms with Crippen LogP contribution in [0.1, 0.15) is 50.3 Å². The molecule has 4 nitrogen and oxygen atoms in total. The molecule has 3 aromatic carbocycles. The van der Waals surface area contributed by atoms with Gasteiger partial charge in [0.25, 0.3) is 0 Å². The number of methoxy groups -OCH3 is 1. The molecule has 0 spiro atoms. The summed E-state index contributed by atoms with van der Waals surface area (Å²) in [6, 6.07) is 25.9. The van der Waals surface area contributed by atoms with Crippen LogP contribution in [0, 0.1) is 0 Å². The average molecular weight is 465 g/mol. The maximum absolute atomic E-state index is 14.7. The summed E-state index contributed by atoms with van der Waals surface area (Å²) in [5.41, 5.74) is 0.872. The fourth-order valence-electron chi connectivity index (χ4n) is 3.80. The lowest BCUT2D eigenvalue weighted by atomic mass is 9.99. The highest BCUT2D eigenvalue weighted by Gasteiger charge is 2.43. The van der Waals surface area contributed by atoms with Crippen LogP contribution in [0.4, 0.5) is 0 Å². The SMILES string of the molecule is C=C(CCCCCC)C(c1ccccc1OC)P(=O)(Oc1ccccc1)Oc1ccccc1. The van der Waals surface area contributed by atoms with Gasteiger partial charge in [-0.1, -0.05) is 92.9 Å². The summed E-state index contributed by atoms with van der Waals surface area (Å²) >= 11 is 0. The van der Waals surface area contributed by atoms with Gasteiger partial charge in [-0.05, 0) is 43.2 Å². The van der Waals surface area contributed by atoms with E-state index in [2.05, 4.69) is 13.5 Å². The van der Waals surface area contributed by atoms with Crippen molar-refractivity contribution in [3.63, 3.8) is 0 Å². The van der Waals surface area contributed by atoms with Gasteiger partial charge >= 0.3 is 7.60 Å². The summed E-state index contributed by atoms with van der Waals surface area (Å²) in [5, 5.41) is 0. The quantitative estimate of drug-likeness (QED) is 0.144. The molecule has 3 rings (SSSR count). The Hall–Kier alpha value is -2.97. The third kappa shape index (κ3) is 6.76. The molecule has 0 saturated heterocycles. The van der Waals surface area contributed by atoms with E-state index >= 15 is 0 Å². The molecule has 0 radical (unpaired) electrons. The van der Waals surface area contributed by atoms with Gasteiger partial charge in [-0.15, -0.1) is 0 Å². The van der Waals surface area contributed by atoms with E-state index in [-0.39, 0.29) is 0 Å². The van der Waals surface area contributed by atoms with E-state index in [1.165, 1.54) is 0 Å². The van der Waals surface area contributed by atoms with Crippen molar-refractivity contribution in [2.75, 3.05) is 7.11 Å². The van der Waals surface area contributed by atoms with Crippen molar-refractivity contribution in [1.29, 1.82) is 0 Å². The van der Waals surface area contributed by atoms with E-state index in [0.29, 0.717) is 17.2 Å². The lowest BCUT2D eigenvalue weighted by Gasteiger charge is -2.30. The van der Waals surface area contributed by atoms with Crippen molar-refractivity contribution in [2.45, 2.75) is 44.7 Å². The minimum Gasteiger partial charge on any atom is -0.496 e. The Morgan fingerprint density at radius 2 is 1.36 bits per heavy atom. The van der Waals surface area contributed by atoms with Gasteiger partial charge in [0.1, 0.15) is 22.9 Å². The molecule has 0 saturated carbocycles. The average Bonchev–Trinajstić information content (AvgIpc) is 2.83. The molecule has 174 valence electrons. The third-order valence-corrected chi connectivity index (χ3v) is 7.65. The number of rotatable bonds is 13. The largest absolute Gasteiger partial charge is 0.496 e. The summed E-state index contributed by atoms with van der Waals surface area (Å²) in [5.74, 6) is 1.59. The van der Waals surface area contributed by atoms with E-state index in [0.717, 1.165) is 43.2 Å². The fraction of sp³-hybridized carbons (Fsp3) is 0.286. The Balaban J connectivity index is 2.07. The molecule has 0 aliphatic rings. The summed E-state index contributed by atoms with van der Waals surface area (Å²) in [7, 11) is -2.21. The Kier molecular flexibility index (Phi) is 9.21. The lowest BCUT2D eigenvalue weighted by molar-refractivity contribution is 0.371. The number of ether oxygens (including phenoxy) is 1. The van der Waals surface area contributed by atoms with Crippen LogP contribution in [0.25, 0.3) is 0 Å². The number of hydrogen-bond donors (Lipinski definition) is 0. The molecule has 0 N–H and O–H groups in total. The van der Waals surface area contributed by atoms with Gasteiger partial charge < -0.3 is 13.8 Å². The summed E-state index contributed by atoms with van der Waals surface area (Å²) in [6.45, 7) is 6.55. The van der Waals surface area contributed by atoms with Crippen LogP contribution in [-0.4, -0.2) is 7.11 Å². The van der Waals surface area contributed by atoms with E-state index in [1.807, 2.05) is 60.7 Å². The monoisotopic (exact) mass is 464 g/mol. The Morgan fingerprint density at radius 1 is 0.818 bits per heavy atom. The number of allylic oxidation sites excluding steroid dienone is 1. The Bertz CT molecular complexity index is 1000. The van der Waals surface area contributed by atoms with E-state index in [9.17, 15) is 4.57 Å². The topological polar surface area (TPSA) is 44.8 Å². The van der Waals surface area contributed by atoms with Crippen LogP contribution >= 0.6 is 7.60 Å². The molecule has 0 aliphatic carbocycles. The normalized spacial score (nSPS) is 12.1. The van der Waals surface area contributed by atoms with Crippen molar-refractivity contribution in [3.05, 3.63) is 103 Å². The molecule has 0 aliphatic heterocycles. The van der Waals surface area contributed by atoms with Gasteiger partial charge in [-0.3, -0.25) is 0 Å². The van der Waals surface area contributed by atoms with Crippen LogP contribution in [0.3, 0.4) is 0 Å². The van der Waals surface area contributed by atoms with Crippen LogP contribution in [0.2, 0.25) is 0 Å². The number of unbranched alkanes of at least 4 members (excludes halogenated alkanes) is 3. The van der Waals surface area contributed by atoms with Gasteiger partial charge in [0.2, 0.25) is 0 Å². The van der Waals surface area contributed by atoms with Crippen molar-refractivity contribution < 1.29 is 18.3 Å².